The Kier molecular flexibility index (Phi) is 3.64. The third-order valence-corrected chi connectivity index (χ3v) is 7.69. The second-order valence-corrected chi connectivity index (χ2v) is 8.84. The van der Waals surface area contributed by atoms with E-state index in [9.17, 15) is 5.11 Å². The van der Waals surface area contributed by atoms with Gasteiger partial charge >= 0.3 is 0 Å². The molecular weight excluding hydrogens is 362 g/mol. The van der Waals surface area contributed by atoms with Gasteiger partial charge in [-0.25, -0.2) is 4.98 Å². The number of aliphatic hydroxyl groups excluding tert-OH is 1. The quantitative estimate of drug-likeness (QED) is 0.876. The molecule has 5 aliphatic rings. The van der Waals surface area contributed by atoms with Crippen LogP contribution in [-0.4, -0.2) is 53.5 Å². The van der Waals surface area contributed by atoms with Gasteiger partial charge in [-0.15, -0.1) is 11.3 Å². The number of piperidine rings is 3. The van der Waals surface area contributed by atoms with E-state index in [-0.39, 0.29) is 6.61 Å². The molecule has 2 aromatic rings. The van der Waals surface area contributed by atoms with E-state index in [4.69, 9.17) is 14.5 Å². The van der Waals surface area contributed by atoms with Crippen LogP contribution in [0.1, 0.15) is 30.0 Å². The zero-order chi connectivity index (χ0) is 18.0. The highest BCUT2D eigenvalue weighted by molar-refractivity contribution is 7.13. The van der Waals surface area contributed by atoms with Gasteiger partial charge in [0, 0.05) is 23.9 Å². The SMILES string of the molecule is OCc1csc(N2C[C@@H](c3ccc4c(c3)OCO4)[C@@H]3[C@H]2C2CCN3CC2)n1. The lowest BCUT2D eigenvalue weighted by molar-refractivity contribution is 0.0355. The summed E-state index contributed by atoms with van der Waals surface area (Å²) >= 11 is 1.66. The summed E-state index contributed by atoms with van der Waals surface area (Å²) in [5.41, 5.74) is 2.11. The maximum atomic E-state index is 9.44. The normalized spacial score (nSPS) is 33.5. The first-order valence-corrected chi connectivity index (χ1v) is 10.7. The molecule has 0 amide bonds. The molecule has 0 spiro atoms. The number of thiazole rings is 1. The van der Waals surface area contributed by atoms with Crippen molar-refractivity contribution in [3.8, 4) is 11.5 Å². The van der Waals surface area contributed by atoms with E-state index >= 15 is 0 Å². The molecule has 0 aliphatic carbocycles. The Balaban J connectivity index is 1.40. The molecule has 5 aliphatic heterocycles. The zero-order valence-corrected chi connectivity index (χ0v) is 15.9. The minimum absolute atomic E-state index is 0.0135. The highest BCUT2D eigenvalue weighted by atomic mass is 32.1. The van der Waals surface area contributed by atoms with E-state index in [1.165, 1.54) is 31.5 Å². The largest absolute Gasteiger partial charge is 0.454 e. The predicted molar refractivity (Wildman–Crippen MR) is 103 cm³/mol. The third kappa shape index (κ3) is 2.41. The highest BCUT2D eigenvalue weighted by Gasteiger charge is 2.54. The first-order chi connectivity index (χ1) is 13.3. The summed E-state index contributed by atoms with van der Waals surface area (Å²) in [6, 6.07) is 7.49. The second-order valence-electron chi connectivity index (χ2n) is 8.01. The van der Waals surface area contributed by atoms with E-state index in [1.54, 1.807) is 11.3 Å². The number of hydrogen-bond donors (Lipinski definition) is 1. The molecule has 0 unspecified atom stereocenters. The average Bonchev–Trinajstić information content (AvgIpc) is 3.45. The molecule has 6 nitrogen and oxygen atoms in total. The van der Waals surface area contributed by atoms with E-state index < -0.39 is 0 Å². The van der Waals surface area contributed by atoms with Crippen molar-refractivity contribution in [1.82, 2.24) is 9.88 Å². The first-order valence-electron chi connectivity index (χ1n) is 9.77. The Morgan fingerprint density at radius 1 is 1.15 bits per heavy atom. The number of hydrogen-bond acceptors (Lipinski definition) is 7. The molecule has 6 heterocycles. The number of nitrogens with zero attached hydrogens (tertiary/aromatic N) is 3. The number of aromatic nitrogens is 1. The van der Waals surface area contributed by atoms with Gasteiger partial charge in [0.05, 0.1) is 18.3 Å². The van der Waals surface area contributed by atoms with Crippen molar-refractivity contribution in [2.75, 3.05) is 31.3 Å². The van der Waals surface area contributed by atoms with Gasteiger partial charge in [0.1, 0.15) is 0 Å². The number of ether oxygens (including phenoxy) is 2. The summed E-state index contributed by atoms with van der Waals surface area (Å²) < 4.78 is 11.1. The lowest BCUT2D eigenvalue weighted by Crippen LogP contribution is -2.60. The van der Waals surface area contributed by atoms with Crippen molar-refractivity contribution in [1.29, 1.82) is 0 Å². The van der Waals surface area contributed by atoms with Gasteiger partial charge in [-0.2, -0.15) is 0 Å². The smallest absolute Gasteiger partial charge is 0.231 e. The van der Waals surface area contributed by atoms with Crippen molar-refractivity contribution in [3.63, 3.8) is 0 Å². The summed E-state index contributed by atoms with van der Waals surface area (Å²) in [5, 5.41) is 12.5. The van der Waals surface area contributed by atoms with Crippen LogP contribution < -0.4 is 14.4 Å². The number of benzene rings is 1. The molecule has 4 fully saturated rings. The summed E-state index contributed by atoms with van der Waals surface area (Å²) in [4.78, 5) is 9.92. The minimum Gasteiger partial charge on any atom is -0.454 e. The third-order valence-electron chi connectivity index (χ3n) is 6.77. The number of anilines is 1. The van der Waals surface area contributed by atoms with Crippen LogP contribution in [0.25, 0.3) is 0 Å². The lowest BCUT2D eigenvalue weighted by Gasteiger charge is -2.51. The molecule has 3 atom stereocenters. The van der Waals surface area contributed by atoms with Crippen molar-refractivity contribution >= 4 is 16.5 Å². The molecule has 1 N–H and O–H groups in total. The van der Waals surface area contributed by atoms with Crippen molar-refractivity contribution in [2.45, 2.75) is 37.5 Å². The Morgan fingerprint density at radius 2 is 2.00 bits per heavy atom. The zero-order valence-electron chi connectivity index (χ0n) is 15.1. The van der Waals surface area contributed by atoms with Crippen LogP contribution in [0, 0.1) is 5.92 Å². The van der Waals surface area contributed by atoms with Gasteiger partial charge in [-0.3, -0.25) is 4.90 Å². The fourth-order valence-corrected chi connectivity index (χ4v) is 6.45. The molecule has 0 radical (unpaired) electrons. The van der Waals surface area contributed by atoms with Crippen LogP contribution in [0.5, 0.6) is 11.5 Å². The second kappa shape index (κ2) is 6.09. The number of rotatable bonds is 3. The van der Waals surface area contributed by atoms with Gasteiger partial charge in [0.25, 0.3) is 0 Å². The molecule has 1 aromatic heterocycles. The van der Waals surface area contributed by atoms with Crippen LogP contribution in [0.4, 0.5) is 5.13 Å². The summed E-state index contributed by atoms with van der Waals surface area (Å²) in [6.07, 6.45) is 2.56. The van der Waals surface area contributed by atoms with E-state index in [0.717, 1.165) is 34.8 Å². The number of fused-ring (bicyclic) bond motifs is 3. The summed E-state index contributed by atoms with van der Waals surface area (Å²) in [6.45, 7) is 3.72. The molecule has 7 heteroatoms. The fourth-order valence-electron chi connectivity index (χ4n) is 5.58. The molecule has 142 valence electrons. The van der Waals surface area contributed by atoms with Crippen LogP contribution in [0.15, 0.2) is 23.6 Å². The van der Waals surface area contributed by atoms with Crippen LogP contribution in [0.2, 0.25) is 0 Å². The van der Waals surface area contributed by atoms with E-state index in [1.807, 2.05) is 5.38 Å². The van der Waals surface area contributed by atoms with Crippen LogP contribution >= 0.6 is 11.3 Å². The maximum absolute atomic E-state index is 9.44. The Morgan fingerprint density at radius 3 is 2.81 bits per heavy atom. The van der Waals surface area contributed by atoms with Crippen molar-refractivity contribution < 1.29 is 14.6 Å². The summed E-state index contributed by atoms with van der Waals surface area (Å²) in [5.74, 6) is 2.90. The topological polar surface area (TPSA) is 58.1 Å². The van der Waals surface area contributed by atoms with Gasteiger partial charge in [0.2, 0.25) is 6.79 Å². The first kappa shape index (κ1) is 16.2. The summed E-state index contributed by atoms with van der Waals surface area (Å²) in [7, 11) is 0. The van der Waals surface area contributed by atoms with Crippen molar-refractivity contribution in [2.24, 2.45) is 5.92 Å². The standard InChI is InChI=1S/C20H23N3O3S/c24-9-14-10-27-20(21-14)23-8-15(13-1-2-16-17(7-13)26-11-25-16)19-18(23)12-3-5-22(19)6-4-12/h1-2,7,10,12,15,18-19,24H,3-6,8-9,11H2/t15-,18+,19+/m0/s1. The predicted octanol–water partition coefficient (Wildman–Crippen LogP) is 2.43. The molecular formula is C20H23N3O3S. The van der Waals surface area contributed by atoms with Gasteiger partial charge in [0.15, 0.2) is 16.6 Å². The van der Waals surface area contributed by atoms with Gasteiger partial charge in [-0.05, 0) is 49.5 Å². The van der Waals surface area contributed by atoms with E-state index in [0.29, 0.717) is 24.8 Å². The molecule has 0 saturated carbocycles. The highest BCUT2D eigenvalue weighted by Crippen LogP contribution is 2.49. The van der Waals surface area contributed by atoms with Crippen LogP contribution in [0.3, 0.4) is 0 Å². The minimum atomic E-state index is 0.0135. The fraction of sp³-hybridized carbons (Fsp3) is 0.550. The van der Waals surface area contributed by atoms with Gasteiger partial charge in [-0.1, -0.05) is 6.07 Å². The van der Waals surface area contributed by atoms with Crippen LogP contribution in [-0.2, 0) is 6.61 Å². The molecule has 4 saturated heterocycles. The Labute approximate surface area is 162 Å². The molecule has 7 rings (SSSR count). The van der Waals surface area contributed by atoms with Crippen molar-refractivity contribution in [3.05, 3.63) is 34.8 Å². The monoisotopic (exact) mass is 385 g/mol. The number of aliphatic hydroxyl groups is 1. The molecule has 27 heavy (non-hydrogen) atoms. The Hall–Kier alpha value is -1.83. The maximum Gasteiger partial charge on any atom is 0.231 e. The van der Waals surface area contributed by atoms with Gasteiger partial charge < -0.3 is 19.5 Å². The molecule has 1 aromatic carbocycles. The lowest BCUT2D eigenvalue weighted by atomic mass is 9.75. The Bertz CT molecular complexity index is 864. The van der Waals surface area contributed by atoms with E-state index in [2.05, 4.69) is 28.0 Å². The average molecular weight is 385 g/mol. The molecule has 2 bridgehead atoms.